The Morgan fingerprint density at radius 1 is 0.938 bits per heavy atom. The molecule has 0 aliphatic rings. The highest BCUT2D eigenvalue weighted by molar-refractivity contribution is 8.01. The summed E-state index contributed by atoms with van der Waals surface area (Å²) < 4.78 is 27.4. The van der Waals surface area contributed by atoms with Crippen LogP contribution in [0.3, 0.4) is 0 Å². The molecule has 8 heteroatoms. The Hall–Kier alpha value is -3.07. The fourth-order valence-corrected chi connectivity index (χ4v) is 7.26. The van der Waals surface area contributed by atoms with Crippen molar-refractivity contribution in [3.05, 3.63) is 83.7 Å². The first-order chi connectivity index (χ1) is 15.3. The number of rotatable bonds is 6. The number of hydrogen-bond acceptors (Lipinski definition) is 6. The van der Waals surface area contributed by atoms with Gasteiger partial charge in [-0.15, -0.1) is 23.1 Å². The first kappa shape index (κ1) is 22.1. The molecular weight excluding hydrogens is 460 g/mol. The average molecular weight is 481 g/mol. The number of aromatic hydroxyl groups is 1. The number of nitrogen functional groups attached to an aromatic ring is 1. The summed E-state index contributed by atoms with van der Waals surface area (Å²) >= 11 is 2.49. The number of phenolic OH excluding ortho intramolecular Hbond substituents is 1. The number of phenols is 1. The highest BCUT2D eigenvalue weighted by Crippen LogP contribution is 2.39. The van der Waals surface area contributed by atoms with Crippen molar-refractivity contribution in [2.45, 2.75) is 14.0 Å². The maximum atomic E-state index is 13.4. The number of amidine groups is 1. The second kappa shape index (κ2) is 8.82. The minimum atomic E-state index is -3.84. The molecule has 0 fully saturated rings. The van der Waals surface area contributed by atoms with Gasteiger partial charge >= 0.3 is 0 Å². The average Bonchev–Trinajstić information content (AvgIpc) is 3.26. The molecule has 0 spiro atoms. The first-order valence-electron chi connectivity index (χ1n) is 9.57. The quantitative estimate of drug-likeness (QED) is 0.189. The molecule has 3 aromatic carbocycles. The third kappa shape index (κ3) is 4.17. The van der Waals surface area contributed by atoms with E-state index in [2.05, 4.69) is 0 Å². The third-order valence-electron chi connectivity index (χ3n) is 4.97. The van der Waals surface area contributed by atoms with Crippen molar-refractivity contribution < 1.29 is 13.5 Å². The summed E-state index contributed by atoms with van der Waals surface area (Å²) in [5.41, 5.74) is 8.62. The van der Waals surface area contributed by atoms with Crippen molar-refractivity contribution >= 4 is 38.8 Å². The molecule has 1 heterocycles. The van der Waals surface area contributed by atoms with Gasteiger partial charge in [0.1, 0.15) is 11.6 Å². The summed E-state index contributed by atoms with van der Waals surface area (Å²) in [6.45, 7) is 0. The van der Waals surface area contributed by atoms with E-state index in [1.807, 2.05) is 42.5 Å². The minimum absolute atomic E-state index is 0.0680. The van der Waals surface area contributed by atoms with Gasteiger partial charge in [-0.05, 0) is 53.3 Å². The lowest BCUT2D eigenvalue weighted by Gasteiger charge is -2.11. The molecule has 0 saturated carbocycles. The molecule has 0 unspecified atom stereocenters. The number of sulfone groups is 1. The van der Waals surface area contributed by atoms with Gasteiger partial charge in [-0.1, -0.05) is 48.5 Å². The Labute approximate surface area is 195 Å². The Morgan fingerprint density at radius 3 is 2.34 bits per heavy atom. The lowest BCUT2D eigenvalue weighted by molar-refractivity contribution is 0.477. The van der Waals surface area contributed by atoms with Crippen LogP contribution in [0.1, 0.15) is 4.88 Å². The van der Waals surface area contributed by atoms with E-state index < -0.39 is 9.84 Å². The normalized spacial score (nSPS) is 11.4. The maximum Gasteiger partial charge on any atom is 0.208 e. The van der Waals surface area contributed by atoms with E-state index in [9.17, 15) is 13.5 Å². The van der Waals surface area contributed by atoms with Crippen LogP contribution in [-0.2, 0) is 9.84 Å². The Kier molecular flexibility index (Phi) is 6.10. The largest absolute Gasteiger partial charge is 0.507 e. The molecule has 4 N–H and O–H groups in total. The summed E-state index contributed by atoms with van der Waals surface area (Å²) in [7, 11) is -3.84. The lowest BCUT2D eigenvalue weighted by Crippen LogP contribution is -2.08. The fourth-order valence-electron chi connectivity index (χ4n) is 3.36. The van der Waals surface area contributed by atoms with E-state index in [4.69, 9.17) is 11.1 Å². The molecule has 0 bridgehead atoms. The molecule has 0 saturated heterocycles. The van der Waals surface area contributed by atoms with Crippen LogP contribution in [0.5, 0.6) is 5.75 Å². The number of benzene rings is 3. The molecule has 5 nitrogen and oxygen atoms in total. The Bertz CT molecular complexity index is 1410. The van der Waals surface area contributed by atoms with Crippen molar-refractivity contribution in [1.29, 1.82) is 5.41 Å². The van der Waals surface area contributed by atoms with Gasteiger partial charge in [-0.25, -0.2) is 8.42 Å². The number of nitrogens with two attached hydrogens (primary N) is 1. The summed E-state index contributed by atoms with van der Waals surface area (Å²) in [5.74, 6) is -0.0958. The zero-order valence-corrected chi connectivity index (χ0v) is 19.5. The maximum absolute atomic E-state index is 13.4. The smallest absolute Gasteiger partial charge is 0.208 e. The predicted octanol–water partition coefficient (Wildman–Crippen LogP) is 5.63. The van der Waals surface area contributed by atoms with Gasteiger partial charge in [0, 0.05) is 5.56 Å². The van der Waals surface area contributed by atoms with Crippen LogP contribution in [0.25, 0.3) is 22.3 Å². The molecule has 0 radical (unpaired) electrons. The number of nitrogens with one attached hydrogen (secondary N) is 1. The zero-order valence-electron chi connectivity index (χ0n) is 17.1. The topological polar surface area (TPSA) is 104 Å². The minimum Gasteiger partial charge on any atom is -0.507 e. The van der Waals surface area contributed by atoms with E-state index in [-0.39, 0.29) is 21.4 Å². The highest BCUT2D eigenvalue weighted by Gasteiger charge is 2.25. The van der Waals surface area contributed by atoms with Crippen LogP contribution < -0.4 is 5.73 Å². The molecule has 32 heavy (non-hydrogen) atoms. The van der Waals surface area contributed by atoms with E-state index in [1.54, 1.807) is 30.5 Å². The van der Waals surface area contributed by atoms with E-state index in [1.165, 1.54) is 35.2 Å². The fraction of sp³-hybridized carbons (Fsp3) is 0.0417. The van der Waals surface area contributed by atoms with Crippen LogP contribution in [0.15, 0.2) is 92.9 Å². The SMILES string of the molecule is CSc1sc(C(=N)N)cc1S(=O)(=O)c1cccc(-c2cc(-c3ccccc3)ccc2O)c1. The van der Waals surface area contributed by atoms with Crippen molar-refractivity contribution in [1.82, 2.24) is 0 Å². The summed E-state index contributed by atoms with van der Waals surface area (Å²) in [5, 5.41) is 18.2. The van der Waals surface area contributed by atoms with Crippen molar-refractivity contribution in [3.63, 3.8) is 0 Å². The van der Waals surface area contributed by atoms with Gasteiger partial charge in [0.15, 0.2) is 0 Å². The van der Waals surface area contributed by atoms with Crippen LogP contribution in [-0.4, -0.2) is 25.6 Å². The van der Waals surface area contributed by atoms with Crippen LogP contribution >= 0.6 is 23.1 Å². The zero-order chi connectivity index (χ0) is 22.9. The second-order valence-electron chi connectivity index (χ2n) is 7.01. The number of thiophene rings is 1. The Morgan fingerprint density at radius 2 is 1.66 bits per heavy atom. The first-order valence-corrected chi connectivity index (χ1v) is 13.1. The van der Waals surface area contributed by atoms with Gasteiger partial charge in [0.25, 0.3) is 0 Å². The summed E-state index contributed by atoms with van der Waals surface area (Å²) in [4.78, 5) is 0.666. The van der Waals surface area contributed by atoms with Crippen molar-refractivity contribution in [2.75, 3.05) is 6.26 Å². The summed E-state index contributed by atoms with van der Waals surface area (Å²) in [6, 6.07) is 23.0. The molecule has 1 aromatic heterocycles. The molecule has 4 aromatic rings. The number of hydrogen-bond donors (Lipinski definition) is 3. The molecule has 0 amide bonds. The summed E-state index contributed by atoms with van der Waals surface area (Å²) in [6.07, 6.45) is 1.79. The molecule has 0 aliphatic carbocycles. The monoisotopic (exact) mass is 480 g/mol. The van der Waals surface area contributed by atoms with Crippen LogP contribution in [0.2, 0.25) is 0 Å². The van der Waals surface area contributed by atoms with Crippen LogP contribution in [0.4, 0.5) is 0 Å². The molecule has 4 rings (SSSR count). The molecule has 0 atom stereocenters. The molecule has 0 aliphatic heterocycles. The van der Waals surface area contributed by atoms with Crippen LogP contribution in [0, 0.1) is 5.41 Å². The van der Waals surface area contributed by atoms with Gasteiger partial charge in [0.05, 0.1) is 18.9 Å². The van der Waals surface area contributed by atoms with E-state index in [0.29, 0.717) is 20.2 Å². The highest BCUT2D eigenvalue weighted by atomic mass is 32.2. The third-order valence-corrected chi connectivity index (χ3v) is 9.30. The van der Waals surface area contributed by atoms with Gasteiger partial charge in [-0.2, -0.15) is 0 Å². The van der Waals surface area contributed by atoms with E-state index >= 15 is 0 Å². The standard InChI is InChI=1S/C24H20N2O3S3/c1-30-24-22(14-21(31-24)23(25)26)32(28,29)18-9-5-8-17(12-18)19-13-16(10-11-20(19)27)15-6-3-2-4-7-15/h2-14,27H,1H3,(H3,25,26). The lowest BCUT2D eigenvalue weighted by atomic mass is 9.98. The van der Waals surface area contributed by atoms with Crippen molar-refractivity contribution in [2.24, 2.45) is 5.73 Å². The van der Waals surface area contributed by atoms with E-state index in [0.717, 1.165) is 11.1 Å². The van der Waals surface area contributed by atoms with Gasteiger partial charge < -0.3 is 10.8 Å². The molecular formula is C24H20N2O3S3. The number of thioether (sulfide) groups is 1. The Balaban J connectivity index is 1.81. The van der Waals surface area contributed by atoms with Crippen molar-refractivity contribution in [3.8, 4) is 28.0 Å². The predicted molar refractivity (Wildman–Crippen MR) is 132 cm³/mol. The molecule has 162 valence electrons. The van der Waals surface area contributed by atoms with Gasteiger partial charge in [-0.3, -0.25) is 5.41 Å². The van der Waals surface area contributed by atoms with Gasteiger partial charge in [0.2, 0.25) is 9.84 Å². The second-order valence-corrected chi connectivity index (χ2v) is 11.1.